The summed E-state index contributed by atoms with van der Waals surface area (Å²) in [6, 6.07) is 3.89. The zero-order chi connectivity index (χ0) is 11.7. The molecular formula is C11H12N4O. The number of nitriles is 1. The van der Waals surface area contributed by atoms with Crippen LogP contribution in [0.1, 0.15) is 22.5 Å². The van der Waals surface area contributed by atoms with Gasteiger partial charge >= 0.3 is 0 Å². The van der Waals surface area contributed by atoms with Crippen LogP contribution in [0.15, 0.2) is 16.9 Å². The maximum atomic E-state index is 8.99. The summed E-state index contributed by atoms with van der Waals surface area (Å²) in [5.74, 6) is 0.487. The highest BCUT2D eigenvalue weighted by Gasteiger charge is 2.15. The van der Waals surface area contributed by atoms with Gasteiger partial charge in [0.15, 0.2) is 0 Å². The first-order chi connectivity index (χ1) is 7.65. The normalized spacial score (nSPS) is 10.3. The Labute approximate surface area is 93.1 Å². The van der Waals surface area contributed by atoms with Crippen molar-refractivity contribution in [3.05, 3.63) is 34.8 Å². The van der Waals surface area contributed by atoms with Crippen molar-refractivity contribution in [2.45, 2.75) is 20.4 Å². The van der Waals surface area contributed by atoms with Crippen LogP contribution in [0.4, 0.5) is 5.82 Å². The summed E-state index contributed by atoms with van der Waals surface area (Å²) in [7, 11) is 0. The Morgan fingerprint density at radius 3 is 2.81 bits per heavy atom. The molecule has 2 aromatic heterocycles. The molecule has 0 aromatic carbocycles. The summed E-state index contributed by atoms with van der Waals surface area (Å²) in [5.41, 5.74) is 9.15. The molecule has 82 valence electrons. The van der Waals surface area contributed by atoms with Crippen LogP contribution >= 0.6 is 0 Å². The summed E-state index contributed by atoms with van der Waals surface area (Å²) in [4.78, 5) is 0. The average molecular weight is 216 g/mol. The largest absolute Gasteiger partial charge is 0.384 e. The van der Waals surface area contributed by atoms with Crippen molar-refractivity contribution < 1.29 is 4.52 Å². The number of nitrogens with two attached hydrogens (primary N) is 1. The van der Waals surface area contributed by atoms with E-state index in [4.69, 9.17) is 15.5 Å². The summed E-state index contributed by atoms with van der Waals surface area (Å²) < 4.78 is 6.63. The van der Waals surface area contributed by atoms with E-state index in [-0.39, 0.29) is 0 Å². The van der Waals surface area contributed by atoms with Crippen LogP contribution in [0.5, 0.6) is 0 Å². The number of rotatable bonds is 2. The zero-order valence-electron chi connectivity index (χ0n) is 9.19. The molecule has 0 amide bonds. The van der Waals surface area contributed by atoms with Gasteiger partial charge in [0.2, 0.25) is 0 Å². The lowest BCUT2D eigenvalue weighted by Gasteiger charge is -2.05. The van der Waals surface area contributed by atoms with Gasteiger partial charge in [-0.2, -0.15) is 5.26 Å². The molecule has 0 saturated heterocycles. The third-order valence-electron chi connectivity index (χ3n) is 2.79. The first-order valence-corrected chi connectivity index (χ1v) is 4.89. The molecule has 0 unspecified atom stereocenters. The molecule has 0 atom stereocenters. The molecule has 2 N–H and O–H groups in total. The quantitative estimate of drug-likeness (QED) is 0.826. The highest BCUT2D eigenvalue weighted by Crippen LogP contribution is 2.24. The Bertz CT molecular complexity index is 546. The number of aromatic nitrogens is 2. The van der Waals surface area contributed by atoms with Crippen molar-refractivity contribution in [2.24, 2.45) is 0 Å². The van der Waals surface area contributed by atoms with Crippen molar-refractivity contribution in [3.63, 3.8) is 0 Å². The van der Waals surface area contributed by atoms with Crippen molar-refractivity contribution in [2.75, 3.05) is 5.73 Å². The fourth-order valence-corrected chi connectivity index (χ4v) is 1.72. The van der Waals surface area contributed by atoms with E-state index < -0.39 is 0 Å². The average Bonchev–Trinajstić information content (AvgIpc) is 2.83. The molecule has 2 aromatic rings. The molecule has 0 aliphatic carbocycles. The number of hydrogen-bond acceptors (Lipinski definition) is 4. The van der Waals surface area contributed by atoms with Gasteiger partial charge in [-0.05, 0) is 19.4 Å². The van der Waals surface area contributed by atoms with Gasteiger partial charge in [0.25, 0.3) is 0 Å². The lowest BCUT2D eigenvalue weighted by Crippen LogP contribution is -2.06. The third kappa shape index (κ3) is 1.44. The Kier molecular flexibility index (Phi) is 2.41. The van der Waals surface area contributed by atoms with Crippen LogP contribution in [-0.2, 0) is 6.54 Å². The number of nitrogen functional groups attached to an aromatic ring is 1. The van der Waals surface area contributed by atoms with Gasteiger partial charge in [-0.1, -0.05) is 5.16 Å². The fraction of sp³-hybridized carbons (Fsp3) is 0.273. The van der Waals surface area contributed by atoms with E-state index in [0.717, 1.165) is 17.0 Å². The van der Waals surface area contributed by atoms with Gasteiger partial charge in [0.05, 0.1) is 12.1 Å². The molecule has 5 nitrogen and oxygen atoms in total. The molecule has 16 heavy (non-hydrogen) atoms. The maximum absolute atomic E-state index is 8.99. The van der Waals surface area contributed by atoms with Crippen molar-refractivity contribution in [1.82, 2.24) is 9.72 Å². The highest BCUT2D eigenvalue weighted by molar-refractivity contribution is 5.57. The van der Waals surface area contributed by atoms with Crippen LogP contribution < -0.4 is 5.73 Å². The molecule has 0 aliphatic rings. The van der Waals surface area contributed by atoms with Gasteiger partial charge in [-0.25, -0.2) is 0 Å². The van der Waals surface area contributed by atoms with Gasteiger partial charge < -0.3 is 14.8 Å². The molecule has 2 rings (SSSR count). The van der Waals surface area contributed by atoms with Crippen LogP contribution in [0.25, 0.3) is 0 Å². The summed E-state index contributed by atoms with van der Waals surface area (Å²) >= 11 is 0. The van der Waals surface area contributed by atoms with Gasteiger partial charge in [-0.3, -0.25) is 0 Å². The molecule has 0 radical (unpaired) electrons. The highest BCUT2D eigenvalue weighted by atomic mass is 16.5. The number of anilines is 1. The predicted octanol–water partition coefficient (Wildman–Crippen LogP) is 1.60. The smallest absolute Gasteiger partial charge is 0.124 e. The fourth-order valence-electron chi connectivity index (χ4n) is 1.72. The Morgan fingerprint density at radius 2 is 2.31 bits per heavy atom. The van der Waals surface area contributed by atoms with E-state index in [2.05, 4.69) is 11.2 Å². The lowest BCUT2D eigenvalue weighted by atomic mass is 10.2. The summed E-state index contributed by atoms with van der Waals surface area (Å²) in [6.45, 7) is 4.35. The van der Waals surface area contributed by atoms with E-state index in [9.17, 15) is 0 Å². The zero-order valence-corrected chi connectivity index (χ0v) is 9.19. The molecular weight excluding hydrogens is 204 g/mol. The second-order valence-corrected chi connectivity index (χ2v) is 3.66. The van der Waals surface area contributed by atoms with Crippen LogP contribution in [-0.4, -0.2) is 9.72 Å². The first kappa shape index (κ1) is 10.3. The molecule has 0 fully saturated rings. The topological polar surface area (TPSA) is 80.8 Å². The lowest BCUT2D eigenvalue weighted by molar-refractivity contribution is 0.409. The maximum Gasteiger partial charge on any atom is 0.124 e. The number of hydrogen-bond donors (Lipinski definition) is 1. The van der Waals surface area contributed by atoms with E-state index >= 15 is 0 Å². The molecule has 0 saturated carbocycles. The minimum atomic E-state index is 0.487. The van der Waals surface area contributed by atoms with Crippen LogP contribution in [0.3, 0.4) is 0 Å². The van der Waals surface area contributed by atoms with Crippen molar-refractivity contribution in [3.8, 4) is 6.07 Å². The van der Waals surface area contributed by atoms with E-state index in [1.165, 1.54) is 6.26 Å². The molecule has 0 aliphatic heterocycles. The van der Waals surface area contributed by atoms with Gasteiger partial charge in [0.1, 0.15) is 23.8 Å². The van der Waals surface area contributed by atoms with Crippen molar-refractivity contribution >= 4 is 5.82 Å². The monoisotopic (exact) mass is 216 g/mol. The summed E-state index contributed by atoms with van der Waals surface area (Å²) in [6.07, 6.45) is 1.52. The number of nitrogens with zero attached hydrogens (tertiary/aromatic N) is 3. The van der Waals surface area contributed by atoms with Crippen LogP contribution in [0, 0.1) is 25.2 Å². The van der Waals surface area contributed by atoms with Gasteiger partial charge in [0, 0.05) is 11.8 Å². The Hall–Kier alpha value is -2.22. The second-order valence-electron chi connectivity index (χ2n) is 3.66. The predicted molar refractivity (Wildman–Crippen MR) is 58.6 cm³/mol. The first-order valence-electron chi connectivity index (χ1n) is 4.89. The third-order valence-corrected chi connectivity index (χ3v) is 2.79. The second kappa shape index (κ2) is 3.74. The Morgan fingerprint density at radius 1 is 1.56 bits per heavy atom. The summed E-state index contributed by atoms with van der Waals surface area (Å²) in [5, 5.41) is 12.8. The molecule has 5 heteroatoms. The standard InChI is InChI=1S/C11H12N4O/c1-7-8(2)15(11(13)10(7)5-12)6-9-3-4-16-14-9/h3-4H,6,13H2,1-2H3. The van der Waals surface area contributed by atoms with Crippen LogP contribution in [0.2, 0.25) is 0 Å². The van der Waals surface area contributed by atoms with E-state index in [1.807, 2.05) is 18.4 Å². The minimum Gasteiger partial charge on any atom is -0.384 e. The van der Waals surface area contributed by atoms with E-state index in [1.54, 1.807) is 6.07 Å². The SMILES string of the molecule is Cc1c(C#N)c(N)n(Cc2ccon2)c1C. The molecule has 0 spiro atoms. The van der Waals surface area contributed by atoms with Gasteiger partial charge in [-0.15, -0.1) is 0 Å². The Balaban J connectivity index is 2.46. The minimum absolute atomic E-state index is 0.487. The van der Waals surface area contributed by atoms with E-state index in [0.29, 0.717) is 17.9 Å². The molecule has 2 heterocycles. The molecule has 0 bridgehead atoms. The van der Waals surface area contributed by atoms with Crippen molar-refractivity contribution in [1.29, 1.82) is 5.26 Å².